The number of fused-ring (bicyclic) bond motifs is 7. The Morgan fingerprint density at radius 2 is 1.49 bits per heavy atom. The van der Waals surface area contributed by atoms with Crippen molar-refractivity contribution in [1.82, 2.24) is 0 Å². The van der Waals surface area contributed by atoms with Gasteiger partial charge in [0.2, 0.25) is 5.69 Å². The quantitative estimate of drug-likeness (QED) is 0.201. The third-order valence-electron chi connectivity index (χ3n) is 10.0. The Kier molecular flexibility index (Phi) is 4.56. The fraction of sp³-hybridized carbons (Fsp3) is 0.256. The molecule has 2 heteroatoms. The lowest BCUT2D eigenvalue weighted by Gasteiger charge is -2.46. The first kappa shape index (κ1) is 21.6. The summed E-state index contributed by atoms with van der Waals surface area (Å²) in [6.45, 7) is 1.89. The average Bonchev–Trinajstić information content (AvgIpc) is 3.66. The zero-order chi connectivity index (χ0) is 30.4. The summed E-state index contributed by atoms with van der Waals surface area (Å²) in [7, 11) is 2.08. The van der Waals surface area contributed by atoms with Crippen LogP contribution < -0.4 is 4.57 Å². The molecule has 4 aromatic carbocycles. The Morgan fingerprint density at radius 1 is 0.756 bits per heavy atom. The number of aromatic nitrogens is 1. The highest BCUT2D eigenvalue weighted by Crippen LogP contribution is 2.57. The summed E-state index contributed by atoms with van der Waals surface area (Å²) in [5.41, 5.74) is 10.4. The minimum atomic E-state index is -2.18. The lowest BCUT2D eigenvalue weighted by molar-refractivity contribution is -0.660. The molecule has 0 aliphatic heterocycles. The van der Waals surface area contributed by atoms with E-state index >= 15 is 0 Å². The van der Waals surface area contributed by atoms with Gasteiger partial charge in [-0.05, 0) is 70.8 Å². The van der Waals surface area contributed by atoms with Gasteiger partial charge in [0, 0.05) is 37.8 Å². The van der Waals surface area contributed by atoms with Crippen molar-refractivity contribution >= 4 is 21.9 Å². The molecule has 1 unspecified atom stereocenters. The standard InChI is InChI=1S/C39H36NO/c1-25-15-17-29-28-11-5-8-14-35(28)41-37(29)36(25)34-24-27(19-22-40(34)4)26-16-18-31-33(23-26)39(20-9-10-21-39)32-13-7-6-12-30(32)38(31,2)3/h5-8,11-19,22-24H,9-10,20-21H2,1-4H3/q+1/i2D3. The lowest BCUT2D eigenvalue weighted by Crippen LogP contribution is -2.38. The van der Waals surface area contributed by atoms with Crippen LogP contribution in [0.25, 0.3) is 44.3 Å². The normalized spacial score (nSPS) is 20.5. The fourth-order valence-corrected chi connectivity index (χ4v) is 7.90. The van der Waals surface area contributed by atoms with E-state index in [2.05, 4.69) is 97.5 Å². The van der Waals surface area contributed by atoms with E-state index in [4.69, 9.17) is 8.53 Å². The maximum atomic E-state index is 8.76. The molecule has 2 aliphatic rings. The summed E-state index contributed by atoms with van der Waals surface area (Å²) in [5.74, 6) is 0. The molecule has 41 heavy (non-hydrogen) atoms. The van der Waals surface area contributed by atoms with Crippen molar-refractivity contribution in [1.29, 1.82) is 0 Å². The second-order valence-corrected chi connectivity index (χ2v) is 12.4. The molecule has 2 aromatic heterocycles. The average molecular weight is 538 g/mol. The molecule has 6 aromatic rings. The Hall–Kier alpha value is -4.17. The zero-order valence-corrected chi connectivity index (χ0v) is 23.9. The van der Waals surface area contributed by atoms with Crippen molar-refractivity contribution in [2.75, 3.05) is 0 Å². The van der Waals surface area contributed by atoms with Gasteiger partial charge < -0.3 is 4.42 Å². The molecule has 2 nitrogen and oxygen atoms in total. The fourth-order valence-electron chi connectivity index (χ4n) is 7.90. The Balaban J connectivity index is 1.35. The summed E-state index contributed by atoms with van der Waals surface area (Å²) in [5, 5.41) is 2.24. The van der Waals surface area contributed by atoms with Gasteiger partial charge in [-0.15, -0.1) is 0 Å². The highest BCUT2D eigenvalue weighted by molar-refractivity contribution is 6.09. The second-order valence-electron chi connectivity index (χ2n) is 12.4. The van der Waals surface area contributed by atoms with Gasteiger partial charge in [-0.25, -0.2) is 4.57 Å². The number of hydrogen-bond donors (Lipinski definition) is 0. The predicted molar refractivity (Wildman–Crippen MR) is 168 cm³/mol. The number of furan rings is 1. The molecule has 1 atom stereocenters. The zero-order valence-electron chi connectivity index (χ0n) is 26.9. The van der Waals surface area contributed by atoms with Gasteiger partial charge in [-0.2, -0.15) is 0 Å². The van der Waals surface area contributed by atoms with Gasteiger partial charge in [-0.3, -0.25) is 0 Å². The molecule has 202 valence electrons. The topological polar surface area (TPSA) is 17.0 Å². The van der Waals surface area contributed by atoms with Crippen molar-refractivity contribution in [2.45, 2.75) is 57.2 Å². The van der Waals surface area contributed by atoms with E-state index in [0.29, 0.717) is 0 Å². The number of benzene rings is 4. The van der Waals surface area contributed by atoms with Crippen molar-refractivity contribution in [2.24, 2.45) is 7.05 Å². The number of pyridine rings is 1. The molecule has 8 rings (SSSR count). The number of para-hydroxylation sites is 1. The van der Waals surface area contributed by atoms with Crippen LogP contribution in [0.4, 0.5) is 0 Å². The highest BCUT2D eigenvalue weighted by Gasteiger charge is 2.47. The Morgan fingerprint density at radius 3 is 2.32 bits per heavy atom. The molecule has 1 spiro atoms. The molecule has 0 radical (unpaired) electrons. The minimum Gasteiger partial charge on any atom is -0.455 e. The third-order valence-corrected chi connectivity index (χ3v) is 10.0. The SMILES string of the molecule is [2H]C([2H])([2H])C1(C)c2ccccc2C2(CCCC2)c2cc(-c3cc[n+](C)c(-c4c(C)ccc5c4oc4ccccc45)c3)ccc21. The first-order chi connectivity index (χ1) is 21.1. The monoisotopic (exact) mass is 537 g/mol. The number of nitrogens with zero attached hydrogens (tertiary/aromatic N) is 1. The molecule has 2 aliphatic carbocycles. The van der Waals surface area contributed by atoms with Crippen LogP contribution in [0.15, 0.2) is 102 Å². The van der Waals surface area contributed by atoms with Crippen molar-refractivity contribution < 1.29 is 13.1 Å². The molecule has 1 saturated carbocycles. The Bertz CT molecular complexity index is 2110. The van der Waals surface area contributed by atoms with Crippen LogP contribution in [-0.2, 0) is 17.9 Å². The van der Waals surface area contributed by atoms with Crippen LogP contribution in [0.1, 0.15) is 71.4 Å². The number of aryl methyl sites for hydroxylation is 2. The van der Waals surface area contributed by atoms with Gasteiger partial charge in [0.1, 0.15) is 18.2 Å². The lowest BCUT2D eigenvalue weighted by atomic mass is 9.57. The molecule has 1 fully saturated rings. The molecule has 2 heterocycles. The summed E-state index contributed by atoms with van der Waals surface area (Å²) < 4.78 is 34.9. The van der Waals surface area contributed by atoms with Crippen molar-refractivity contribution in [3.05, 3.63) is 125 Å². The van der Waals surface area contributed by atoms with E-state index < -0.39 is 12.3 Å². The summed E-state index contributed by atoms with van der Waals surface area (Å²) in [6.07, 6.45) is 6.50. The van der Waals surface area contributed by atoms with Crippen LogP contribution in [-0.4, -0.2) is 0 Å². The Labute approximate surface area is 246 Å². The van der Waals surface area contributed by atoms with Crippen LogP contribution >= 0.6 is 0 Å². The maximum absolute atomic E-state index is 8.76. The highest BCUT2D eigenvalue weighted by atomic mass is 16.3. The van der Waals surface area contributed by atoms with E-state index in [0.717, 1.165) is 86.7 Å². The molecular formula is C39H36NO+. The summed E-state index contributed by atoms with van der Waals surface area (Å²) in [6, 6.07) is 31.9. The summed E-state index contributed by atoms with van der Waals surface area (Å²) >= 11 is 0. The van der Waals surface area contributed by atoms with E-state index in [1.807, 2.05) is 25.1 Å². The first-order valence-electron chi connectivity index (χ1n) is 16.3. The van der Waals surface area contributed by atoms with Crippen molar-refractivity contribution in [3.63, 3.8) is 0 Å². The maximum Gasteiger partial charge on any atom is 0.216 e. The smallest absolute Gasteiger partial charge is 0.216 e. The molecule has 0 N–H and O–H groups in total. The predicted octanol–water partition coefficient (Wildman–Crippen LogP) is 9.55. The largest absolute Gasteiger partial charge is 0.455 e. The van der Waals surface area contributed by atoms with Crippen molar-refractivity contribution in [3.8, 4) is 22.4 Å². The van der Waals surface area contributed by atoms with E-state index in [-0.39, 0.29) is 5.41 Å². The van der Waals surface area contributed by atoms with Crippen LogP contribution in [0, 0.1) is 6.92 Å². The second kappa shape index (κ2) is 8.66. The number of hydrogen-bond acceptors (Lipinski definition) is 1. The minimum absolute atomic E-state index is 0.161. The van der Waals surface area contributed by atoms with E-state index in [9.17, 15) is 0 Å². The molecular weight excluding hydrogens is 498 g/mol. The molecule has 0 saturated heterocycles. The van der Waals surface area contributed by atoms with Crippen LogP contribution in [0.3, 0.4) is 0 Å². The van der Waals surface area contributed by atoms with Crippen LogP contribution in [0.2, 0.25) is 0 Å². The van der Waals surface area contributed by atoms with E-state index in [1.54, 1.807) is 0 Å². The molecule has 0 bridgehead atoms. The summed E-state index contributed by atoms with van der Waals surface area (Å²) in [4.78, 5) is 0. The molecule has 0 amide bonds. The van der Waals surface area contributed by atoms with Gasteiger partial charge >= 0.3 is 0 Å². The van der Waals surface area contributed by atoms with Gasteiger partial charge in [0.15, 0.2) is 6.20 Å². The van der Waals surface area contributed by atoms with Gasteiger partial charge in [-0.1, -0.05) is 93.3 Å². The van der Waals surface area contributed by atoms with Gasteiger partial charge in [0.05, 0.1) is 5.56 Å². The first-order valence-corrected chi connectivity index (χ1v) is 14.8. The van der Waals surface area contributed by atoms with Crippen LogP contribution in [0.5, 0.6) is 0 Å². The number of rotatable bonds is 2. The van der Waals surface area contributed by atoms with E-state index in [1.165, 1.54) is 11.1 Å². The third kappa shape index (κ3) is 3.40. The van der Waals surface area contributed by atoms with Gasteiger partial charge in [0.25, 0.3) is 0 Å².